The lowest BCUT2D eigenvalue weighted by atomic mass is 9.99. The van der Waals surface area contributed by atoms with Crippen LogP contribution in [0.2, 0.25) is 0 Å². The van der Waals surface area contributed by atoms with Gasteiger partial charge in [0.25, 0.3) is 0 Å². The number of fused-ring (bicyclic) bond motifs is 2. The van der Waals surface area contributed by atoms with E-state index in [0.29, 0.717) is 0 Å². The average molecular weight is 639 g/mol. The number of nitrogens with zero attached hydrogens (tertiary/aromatic N) is 4. The fourth-order valence-electron chi connectivity index (χ4n) is 6.64. The Morgan fingerprint density at radius 3 is 1.10 bits per heavy atom. The monoisotopic (exact) mass is 638 g/mol. The van der Waals surface area contributed by atoms with E-state index in [9.17, 15) is 0 Å². The molecule has 4 heteroatoms. The molecule has 234 valence electrons. The smallest absolute Gasteiger partial charge is 0.0900 e. The van der Waals surface area contributed by atoms with Gasteiger partial charge in [0, 0.05) is 21.9 Å². The van der Waals surface area contributed by atoms with E-state index in [0.717, 1.165) is 89.4 Å². The van der Waals surface area contributed by atoms with E-state index in [1.165, 1.54) is 0 Å². The van der Waals surface area contributed by atoms with Crippen LogP contribution in [0.3, 0.4) is 0 Å². The van der Waals surface area contributed by atoms with Crippen molar-refractivity contribution in [3.8, 4) is 67.5 Å². The highest BCUT2D eigenvalue weighted by atomic mass is 14.8. The molecule has 0 fully saturated rings. The molecule has 0 aliphatic heterocycles. The summed E-state index contributed by atoms with van der Waals surface area (Å²) in [5, 5.41) is 2.24. The fraction of sp³-hybridized carbons (Fsp3) is 0. The summed E-state index contributed by atoms with van der Waals surface area (Å²) in [5.74, 6) is 0. The van der Waals surface area contributed by atoms with Crippen molar-refractivity contribution in [3.63, 3.8) is 0 Å². The van der Waals surface area contributed by atoms with Gasteiger partial charge in [0.15, 0.2) is 0 Å². The van der Waals surface area contributed by atoms with E-state index in [4.69, 9.17) is 19.9 Å². The zero-order chi connectivity index (χ0) is 33.3. The Kier molecular flexibility index (Phi) is 7.45. The Balaban J connectivity index is 1.09. The van der Waals surface area contributed by atoms with Gasteiger partial charge in [-0.3, -0.25) is 0 Å². The summed E-state index contributed by atoms with van der Waals surface area (Å²) in [4.78, 5) is 20.3. The SMILES string of the molecule is c1ccc(-c2cc(-c3cccc(-c4cccc(-c5cccc(-c6cc(-c7ccccc7)c7ccccc7n6)n5)c4)n3)nc3ccccc23)cc1. The van der Waals surface area contributed by atoms with E-state index < -0.39 is 0 Å². The highest BCUT2D eigenvalue weighted by molar-refractivity contribution is 5.97. The number of aromatic nitrogens is 4. The molecular weight excluding hydrogens is 609 g/mol. The molecule has 0 atom stereocenters. The van der Waals surface area contributed by atoms with Crippen molar-refractivity contribution < 1.29 is 0 Å². The fourth-order valence-corrected chi connectivity index (χ4v) is 6.64. The predicted molar refractivity (Wildman–Crippen MR) is 205 cm³/mol. The first-order valence-electron chi connectivity index (χ1n) is 16.7. The summed E-state index contributed by atoms with van der Waals surface area (Å²) >= 11 is 0. The summed E-state index contributed by atoms with van der Waals surface area (Å²) in [6.45, 7) is 0. The summed E-state index contributed by atoms with van der Waals surface area (Å²) in [7, 11) is 0. The average Bonchev–Trinajstić information content (AvgIpc) is 3.21. The normalized spacial score (nSPS) is 11.2. The van der Waals surface area contributed by atoms with Gasteiger partial charge >= 0.3 is 0 Å². The molecule has 0 aliphatic rings. The first kappa shape index (κ1) is 29.4. The van der Waals surface area contributed by atoms with Crippen LogP contribution in [0.1, 0.15) is 0 Å². The molecule has 0 unspecified atom stereocenters. The summed E-state index contributed by atoms with van der Waals surface area (Å²) in [6.07, 6.45) is 0. The van der Waals surface area contributed by atoms with E-state index >= 15 is 0 Å². The Hall–Kier alpha value is -6.78. The molecule has 50 heavy (non-hydrogen) atoms. The van der Waals surface area contributed by atoms with Crippen molar-refractivity contribution in [2.75, 3.05) is 0 Å². The molecule has 5 aromatic carbocycles. The largest absolute Gasteiger partial charge is 0.246 e. The molecule has 4 aromatic heterocycles. The number of benzene rings is 5. The van der Waals surface area contributed by atoms with Crippen LogP contribution in [-0.2, 0) is 0 Å². The van der Waals surface area contributed by atoms with Crippen LogP contribution >= 0.6 is 0 Å². The molecule has 9 rings (SSSR count). The lowest BCUT2D eigenvalue weighted by molar-refractivity contribution is 1.27. The Labute approximate surface area is 290 Å². The third-order valence-electron chi connectivity index (χ3n) is 9.08. The highest BCUT2D eigenvalue weighted by Crippen LogP contribution is 2.34. The second-order valence-electron chi connectivity index (χ2n) is 12.3. The molecule has 0 saturated heterocycles. The Morgan fingerprint density at radius 1 is 0.240 bits per heavy atom. The van der Waals surface area contributed by atoms with Crippen LogP contribution in [0.25, 0.3) is 89.4 Å². The van der Waals surface area contributed by atoms with Crippen molar-refractivity contribution in [2.45, 2.75) is 0 Å². The van der Waals surface area contributed by atoms with Gasteiger partial charge < -0.3 is 0 Å². The summed E-state index contributed by atoms with van der Waals surface area (Å²) in [6, 6.07) is 62.5. The molecule has 0 amide bonds. The van der Waals surface area contributed by atoms with Gasteiger partial charge in [-0.2, -0.15) is 0 Å². The molecule has 0 spiro atoms. The molecule has 0 bridgehead atoms. The van der Waals surface area contributed by atoms with Crippen LogP contribution in [0.4, 0.5) is 0 Å². The van der Waals surface area contributed by atoms with Gasteiger partial charge in [-0.15, -0.1) is 0 Å². The number of para-hydroxylation sites is 2. The topological polar surface area (TPSA) is 51.6 Å². The number of pyridine rings is 4. The molecule has 0 N–H and O–H groups in total. The van der Waals surface area contributed by atoms with Gasteiger partial charge in [-0.1, -0.05) is 127 Å². The van der Waals surface area contributed by atoms with Crippen LogP contribution in [0.5, 0.6) is 0 Å². The minimum atomic E-state index is 0.826. The van der Waals surface area contributed by atoms with E-state index in [2.05, 4.69) is 146 Å². The number of rotatable bonds is 6. The van der Waals surface area contributed by atoms with Gasteiger partial charge in [-0.05, 0) is 76.9 Å². The van der Waals surface area contributed by atoms with Crippen molar-refractivity contribution in [2.24, 2.45) is 0 Å². The molecule has 4 nitrogen and oxygen atoms in total. The molecule has 0 radical (unpaired) electrons. The highest BCUT2D eigenvalue weighted by Gasteiger charge is 2.14. The minimum Gasteiger partial charge on any atom is -0.246 e. The maximum Gasteiger partial charge on any atom is 0.0900 e. The van der Waals surface area contributed by atoms with Gasteiger partial charge in [0.2, 0.25) is 0 Å². The van der Waals surface area contributed by atoms with Crippen LogP contribution < -0.4 is 0 Å². The van der Waals surface area contributed by atoms with E-state index in [1.807, 2.05) is 36.4 Å². The minimum absolute atomic E-state index is 0.826. The second-order valence-corrected chi connectivity index (χ2v) is 12.3. The van der Waals surface area contributed by atoms with Crippen LogP contribution in [0.15, 0.2) is 182 Å². The zero-order valence-electron chi connectivity index (χ0n) is 27.1. The van der Waals surface area contributed by atoms with Gasteiger partial charge in [0.05, 0.1) is 45.2 Å². The second kappa shape index (κ2) is 12.7. The molecule has 4 heterocycles. The Bertz CT molecular complexity index is 2470. The summed E-state index contributed by atoms with van der Waals surface area (Å²) in [5.41, 5.74) is 13.6. The van der Waals surface area contributed by atoms with Crippen LogP contribution in [0, 0.1) is 0 Å². The maximum atomic E-state index is 5.13. The first-order valence-corrected chi connectivity index (χ1v) is 16.7. The summed E-state index contributed by atoms with van der Waals surface area (Å²) < 4.78 is 0. The first-order chi connectivity index (χ1) is 24.8. The third kappa shape index (κ3) is 5.59. The Morgan fingerprint density at radius 2 is 0.620 bits per heavy atom. The standard InChI is InChI=1S/C46H30N4/c1-3-14-31(15-4-1)37-29-45(49-41-22-9-7-20-35(37)41)43-26-12-24-39(47-43)33-18-11-19-34(28-33)40-25-13-27-44(48-40)46-30-38(32-16-5-2-6-17-32)36-21-8-10-23-42(36)50-46/h1-30H. The zero-order valence-corrected chi connectivity index (χ0v) is 27.1. The lowest BCUT2D eigenvalue weighted by Gasteiger charge is -2.12. The van der Waals surface area contributed by atoms with Gasteiger partial charge in [-0.25, -0.2) is 19.9 Å². The molecule has 0 aliphatic carbocycles. The lowest BCUT2D eigenvalue weighted by Crippen LogP contribution is -1.94. The van der Waals surface area contributed by atoms with Crippen molar-refractivity contribution in [1.29, 1.82) is 0 Å². The number of hydrogen-bond acceptors (Lipinski definition) is 4. The van der Waals surface area contributed by atoms with Crippen LogP contribution in [-0.4, -0.2) is 19.9 Å². The third-order valence-corrected chi connectivity index (χ3v) is 9.08. The number of hydrogen-bond donors (Lipinski definition) is 0. The van der Waals surface area contributed by atoms with Crippen molar-refractivity contribution in [3.05, 3.63) is 182 Å². The van der Waals surface area contributed by atoms with E-state index in [-0.39, 0.29) is 0 Å². The van der Waals surface area contributed by atoms with E-state index in [1.54, 1.807) is 0 Å². The van der Waals surface area contributed by atoms with Gasteiger partial charge in [0.1, 0.15) is 0 Å². The molecular formula is C46H30N4. The predicted octanol–water partition coefficient (Wildman–Crippen LogP) is 11.6. The van der Waals surface area contributed by atoms with Crippen molar-refractivity contribution in [1.82, 2.24) is 19.9 Å². The molecule has 9 aromatic rings. The quantitative estimate of drug-likeness (QED) is 0.182. The molecule has 0 saturated carbocycles. The maximum absolute atomic E-state index is 5.13. The van der Waals surface area contributed by atoms with Crippen molar-refractivity contribution >= 4 is 21.8 Å².